The summed E-state index contributed by atoms with van der Waals surface area (Å²) in [5.41, 5.74) is 1.94. The third kappa shape index (κ3) is 4.22. The number of unbranched alkanes of at least 4 members (excludes halogenated alkanes) is 6. The molecule has 1 N–H and O–H groups in total. The molecule has 0 spiro atoms. The number of hydrogen-bond acceptors (Lipinski definition) is 1. The highest BCUT2D eigenvalue weighted by Crippen LogP contribution is 2.13. The average molecular weight is 271 g/mol. The summed E-state index contributed by atoms with van der Waals surface area (Å²) in [5, 5.41) is 1.13. The minimum Gasteiger partial charge on any atom is -0.322 e. The molecule has 1 aromatic carbocycles. The molecule has 1 aromatic heterocycles. The van der Waals surface area contributed by atoms with Crippen molar-refractivity contribution in [1.29, 1.82) is 0 Å². The van der Waals surface area contributed by atoms with Crippen molar-refractivity contribution >= 4 is 10.9 Å². The maximum atomic E-state index is 12.0. The van der Waals surface area contributed by atoms with Crippen molar-refractivity contribution in [1.82, 2.24) is 4.98 Å². The molecule has 2 nitrogen and oxygen atoms in total. The molecule has 0 unspecified atom stereocenters. The fraction of sp³-hybridized carbons (Fsp3) is 0.500. The lowest BCUT2D eigenvalue weighted by atomic mass is 10.0. The smallest absolute Gasteiger partial charge is 0.251 e. The van der Waals surface area contributed by atoms with Gasteiger partial charge in [-0.05, 0) is 30.4 Å². The second kappa shape index (κ2) is 7.88. The van der Waals surface area contributed by atoms with Gasteiger partial charge in [-0.25, -0.2) is 0 Å². The van der Waals surface area contributed by atoms with Gasteiger partial charge in [0.2, 0.25) is 0 Å². The van der Waals surface area contributed by atoms with E-state index < -0.39 is 0 Å². The van der Waals surface area contributed by atoms with Crippen molar-refractivity contribution < 1.29 is 0 Å². The molecule has 2 rings (SSSR count). The van der Waals surface area contributed by atoms with Gasteiger partial charge in [0.25, 0.3) is 5.56 Å². The lowest BCUT2D eigenvalue weighted by molar-refractivity contribution is 0.588. The minimum absolute atomic E-state index is 0.0784. The lowest BCUT2D eigenvalue weighted by Crippen LogP contribution is -2.12. The molecule has 2 aromatic rings. The normalized spacial score (nSPS) is 11.1. The second-order valence-corrected chi connectivity index (χ2v) is 5.58. The molecule has 0 aliphatic rings. The number of hydrogen-bond donors (Lipinski definition) is 1. The molecule has 0 fully saturated rings. The average Bonchev–Trinajstić information content (AvgIpc) is 2.46. The van der Waals surface area contributed by atoms with Gasteiger partial charge >= 0.3 is 0 Å². The summed E-state index contributed by atoms with van der Waals surface area (Å²) < 4.78 is 0. The largest absolute Gasteiger partial charge is 0.322 e. The number of aromatic amines is 1. The molecule has 0 amide bonds. The monoisotopic (exact) mass is 271 g/mol. The van der Waals surface area contributed by atoms with Gasteiger partial charge in [-0.2, -0.15) is 0 Å². The Morgan fingerprint density at radius 2 is 1.65 bits per heavy atom. The van der Waals surface area contributed by atoms with Crippen LogP contribution < -0.4 is 5.56 Å². The van der Waals surface area contributed by atoms with Crippen LogP contribution in [-0.4, -0.2) is 4.98 Å². The maximum absolute atomic E-state index is 12.0. The lowest BCUT2D eigenvalue weighted by Gasteiger charge is -2.04. The van der Waals surface area contributed by atoms with E-state index in [-0.39, 0.29) is 5.56 Å². The first-order valence-corrected chi connectivity index (χ1v) is 7.92. The van der Waals surface area contributed by atoms with E-state index >= 15 is 0 Å². The Morgan fingerprint density at radius 1 is 0.950 bits per heavy atom. The topological polar surface area (TPSA) is 32.9 Å². The molecule has 0 radical (unpaired) electrons. The molecular formula is C18H25NO. The molecule has 20 heavy (non-hydrogen) atoms. The summed E-state index contributed by atoms with van der Waals surface area (Å²) in [5.74, 6) is 0. The van der Waals surface area contributed by atoms with Gasteiger partial charge < -0.3 is 4.98 Å². The van der Waals surface area contributed by atoms with Crippen LogP contribution in [0.15, 0.2) is 35.1 Å². The molecule has 108 valence electrons. The van der Waals surface area contributed by atoms with Crippen molar-refractivity contribution in [3.05, 3.63) is 46.2 Å². The first kappa shape index (κ1) is 14.8. The maximum Gasteiger partial charge on any atom is 0.251 e. The fourth-order valence-electron chi connectivity index (χ4n) is 2.65. The van der Waals surface area contributed by atoms with Crippen molar-refractivity contribution in [2.75, 3.05) is 0 Å². The number of benzene rings is 1. The first-order valence-electron chi connectivity index (χ1n) is 7.92. The Morgan fingerprint density at radius 3 is 2.45 bits per heavy atom. The molecule has 0 aliphatic heterocycles. The number of rotatable bonds is 8. The van der Waals surface area contributed by atoms with Crippen LogP contribution in [0.1, 0.15) is 57.4 Å². The molecule has 0 saturated carbocycles. The van der Waals surface area contributed by atoms with Gasteiger partial charge in [0.05, 0.1) is 0 Å². The number of fused-ring (bicyclic) bond motifs is 1. The summed E-state index contributed by atoms with van der Waals surface area (Å²) in [6.45, 7) is 2.24. The number of aromatic nitrogens is 1. The zero-order valence-corrected chi connectivity index (χ0v) is 12.5. The predicted octanol–water partition coefficient (Wildman–Crippen LogP) is 4.82. The van der Waals surface area contributed by atoms with E-state index in [4.69, 9.17) is 0 Å². The second-order valence-electron chi connectivity index (χ2n) is 5.58. The van der Waals surface area contributed by atoms with E-state index in [0.29, 0.717) is 0 Å². The van der Waals surface area contributed by atoms with Gasteiger partial charge in [0.1, 0.15) is 0 Å². The standard InChI is InChI=1S/C18H25NO/c1-2-3-4-5-6-7-8-12-16-14-15-11-9-10-13-17(15)19-18(16)20/h9-11,13-14H,2-8,12H2,1H3,(H,19,20). The van der Waals surface area contributed by atoms with Crippen molar-refractivity contribution in [3.8, 4) is 0 Å². The number of para-hydroxylation sites is 1. The SMILES string of the molecule is CCCCCCCCCc1cc2ccccc2[nH]c1=O. The van der Waals surface area contributed by atoms with Crippen LogP contribution in [0.2, 0.25) is 0 Å². The summed E-state index contributed by atoms with van der Waals surface area (Å²) >= 11 is 0. The van der Waals surface area contributed by atoms with Crippen LogP contribution in [0.25, 0.3) is 10.9 Å². The van der Waals surface area contributed by atoms with Gasteiger partial charge in [-0.15, -0.1) is 0 Å². The third-order valence-electron chi connectivity index (χ3n) is 3.88. The quantitative estimate of drug-likeness (QED) is 0.686. The molecule has 0 saturated heterocycles. The number of pyridine rings is 1. The van der Waals surface area contributed by atoms with E-state index in [1.807, 2.05) is 24.3 Å². The predicted molar refractivity (Wildman–Crippen MR) is 86.3 cm³/mol. The van der Waals surface area contributed by atoms with Gasteiger partial charge in [-0.1, -0.05) is 63.6 Å². The molecule has 2 heteroatoms. The van der Waals surface area contributed by atoms with E-state index in [2.05, 4.69) is 18.0 Å². The first-order chi connectivity index (χ1) is 9.81. The van der Waals surface area contributed by atoms with Crippen LogP contribution in [0, 0.1) is 0 Å². The van der Waals surface area contributed by atoms with Crippen LogP contribution in [0.5, 0.6) is 0 Å². The molecule has 0 atom stereocenters. The molecule has 0 aliphatic carbocycles. The Hall–Kier alpha value is -1.57. The Bertz CT molecular complexity index is 585. The van der Waals surface area contributed by atoms with E-state index in [9.17, 15) is 4.79 Å². The van der Waals surface area contributed by atoms with Crippen LogP contribution in [-0.2, 0) is 6.42 Å². The third-order valence-corrected chi connectivity index (χ3v) is 3.88. The Kier molecular flexibility index (Phi) is 5.85. The summed E-state index contributed by atoms with van der Waals surface area (Å²) in [6.07, 6.45) is 9.88. The van der Waals surface area contributed by atoms with Gasteiger partial charge in [0.15, 0.2) is 0 Å². The summed E-state index contributed by atoms with van der Waals surface area (Å²) in [4.78, 5) is 15.0. The highest BCUT2D eigenvalue weighted by Gasteiger charge is 2.02. The van der Waals surface area contributed by atoms with E-state index in [1.54, 1.807) is 0 Å². The zero-order chi connectivity index (χ0) is 14.2. The fourth-order valence-corrected chi connectivity index (χ4v) is 2.65. The number of H-pyrrole nitrogens is 1. The van der Waals surface area contributed by atoms with Crippen molar-refractivity contribution in [2.24, 2.45) is 0 Å². The van der Waals surface area contributed by atoms with Gasteiger partial charge in [0, 0.05) is 11.1 Å². The molecular weight excluding hydrogens is 246 g/mol. The zero-order valence-electron chi connectivity index (χ0n) is 12.5. The van der Waals surface area contributed by atoms with Crippen molar-refractivity contribution in [3.63, 3.8) is 0 Å². The Labute approximate surface area is 121 Å². The van der Waals surface area contributed by atoms with Gasteiger partial charge in [-0.3, -0.25) is 4.79 Å². The summed E-state index contributed by atoms with van der Waals surface area (Å²) in [7, 11) is 0. The van der Waals surface area contributed by atoms with Crippen LogP contribution in [0.3, 0.4) is 0 Å². The van der Waals surface area contributed by atoms with E-state index in [1.165, 1.54) is 38.5 Å². The summed E-state index contributed by atoms with van der Waals surface area (Å²) in [6, 6.07) is 10.0. The van der Waals surface area contributed by atoms with E-state index in [0.717, 1.165) is 29.3 Å². The van der Waals surface area contributed by atoms with Crippen LogP contribution in [0.4, 0.5) is 0 Å². The number of aryl methyl sites for hydroxylation is 1. The Balaban J connectivity index is 1.84. The molecule has 1 heterocycles. The molecule has 0 bridgehead atoms. The highest BCUT2D eigenvalue weighted by molar-refractivity contribution is 5.78. The van der Waals surface area contributed by atoms with Crippen LogP contribution >= 0.6 is 0 Å². The minimum atomic E-state index is 0.0784. The number of nitrogens with one attached hydrogen (secondary N) is 1. The van der Waals surface area contributed by atoms with Crippen molar-refractivity contribution in [2.45, 2.75) is 58.3 Å². The highest BCUT2D eigenvalue weighted by atomic mass is 16.1.